The van der Waals surface area contributed by atoms with E-state index in [9.17, 15) is 9.90 Å². The summed E-state index contributed by atoms with van der Waals surface area (Å²) in [5.41, 5.74) is 4.76. The van der Waals surface area contributed by atoms with Gasteiger partial charge in [-0.3, -0.25) is 0 Å². The van der Waals surface area contributed by atoms with E-state index >= 15 is 0 Å². The van der Waals surface area contributed by atoms with Gasteiger partial charge in [0.25, 0.3) is 0 Å². The number of aromatic carboxylic acids is 1. The molecule has 0 spiro atoms. The summed E-state index contributed by atoms with van der Waals surface area (Å²) in [5, 5.41) is 10.7. The van der Waals surface area contributed by atoms with Gasteiger partial charge in [-0.2, -0.15) is 0 Å². The fourth-order valence-corrected chi connectivity index (χ4v) is 4.51. The molecule has 1 unspecified atom stereocenters. The third kappa shape index (κ3) is 4.87. The Morgan fingerprint density at radius 2 is 1.94 bits per heavy atom. The molecule has 5 heteroatoms. The quantitative estimate of drug-likeness (QED) is 0.394. The first-order chi connectivity index (χ1) is 16.0. The first-order valence-corrected chi connectivity index (χ1v) is 11.8. The van der Waals surface area contributed by atoms with Crippen LogP contribution in [0.2, 0.25) is 0 Å². The summed E-state index contributed by atoms with van der Waals surface area (Å²) in [7, 11) is 0. The molecule has 3 aromatic rings. The second-order valence-electron chi connectivity index (χ2n) is 8.66. The normalized spacial score (nSPS) is 16.6. The molecule has 2 aromatic carbocycles. The van der Waals surface area contributed by atoms with Crippen LogP contribution in [0.1, 0.15) is 67.2 Å². The van der Waals surface area contributed by atoms with Crippen molar-refractivity contribution in [2.24, 2.45) is 5.92 Å². The van der Waals surface area contributed by atoms with E-state index in [-0.39, 0.29) is 0 Å². The average Bonchev–Trinajstić information content (AvgIpc) is 2.79. The first-order valence-electron chi connectivity index (χ1n) is 11.8. The second kappa shape index (κ2) is 10.1. The van der Waals surface area contributed by atoms with Gasteiger partial charge in [-0.25, -0.2) is 9.78 Å². The molecule has 0 aliphatic heterocycles. The first kappa shape index (κ1) is 22.8. The van der Waals surface area contributed by atoms with E-state index in [0.717, 1.165) is 53.2 Å². The van der Waals surface area contributed by atoms with E-state index < -0.39 is 5.97 Å². The van der Waals surface area contributed by atoms with E-state index in [1.54, 1.807) is 0 Å². The van der Waals surface area contributed by atoms with Crippen LogP contribution in [0.25, 0.3) is 22.6 Å². The molecule has 1 heterocycles. The molecule has 0 radical (unpaired) electrons. The van der Waals surface area contributed by atoms with Crippen LogP contribution in [0, 0.1) is 5.92 Å². The van der Waals surface area contributed by atoms with Crippen LogP contribution < -0.4 is 9.47 Å². The van der Waals surface area contributed by atoms with Crippen molar-refractivity contribution in [2.75, 3.05) is 13.2 Å². The van der Waals surface area contributed by atoms with Crippen LogP contribution in [-0.2, 0) is 6.42 Å². The third-order valence-corrected chi connectivity index (χ3v) is 6.00. The van der Waals surface area contributed by atoms with Crippen molar-refractivity contribution in [1.82, 2.24) is 4.98 Å². The number of aromatic nitrogens is 1. The Labute approximate surface area is 195 Å². The number of carboxylic acids is 1. The van der Waals surface area contributed by atoms with Gasteiger partial charge in [0.15, 0.2) is 11.5 Å². The molecule has 1 atom stereocenters. The number of ether oxygens (including phenoxy) is 2. The molecule has 0 bridgehead atoms. The van der Waals surface area contributed by atoms with E-state index in [2.05, 4.69) is 19.9 Å². The Morgan fingerprint density at radius 3 is 2.70 bits per heavy atom. The number of hydrogen-bond donors (Lipinski definition) is 1. The number of hydrogen-bond acceptors (Lipinski definition) is 4. The lowest BCUT2D eigenvalue weighted by atomic mass is 9.80. The number of rotatable bonds is 8. The third-order valence-electron chi connectivity index (χ3n) is 6.00. The molecule has 1 N–H and O–H groups in total. The number of allylic oxidation sites excluding steroid dienone is 1. The predicted octanol–water partition coefficient (Wildman–Crippen LogP) is 6.63. The highest BCUT2D eigenvalue weighted by atomic mass is 16.5. The molecule has 0 saturated carbocycles. The van der Waals surface area contributed by atoms with Gasteiger partial charge in [-0.15, -0.1) is 0 Å². The van der Waals surface area contributed by atoms with E-state index in [1.165, 1.54) is 0 Å². The van der Waals surface area contributed by atoms with Gasteiger partial charge in [0, 0.05) is 5.39 Å². The van der Waals surface area contributed by atoms with Crippen molar-refractivity contribution in [1.29, 1.82) is 0 Å². The maximum Gasteiger partial charge on any atom is 0.336 e. The summed E-state index contributed by atoms with van der Waals surface area (Å²) < 4.78 is 11.8. The monoisotopic (exact) mass is 445 g/mol. The number of nitrogens with zero attached hydrogens (tertiary/aromatic N) is 1. The number of unbranched alkanes of at least 4 members (excludes halogenated alkanes) is 1. The number of para-hydroxylation sites is 1. The van der Waals surface area contributed by atoms with E-state index in [1.807, 2.05) is 49.4 Å². The van der Waals surface area contributed by atoms with Gasteiger partial charge in [0.1, 0.15) is 0 Å². The number of carbonyl (C=O) groups is 1. The fourth-order valence-electron chi connectivity index (χ4n) is 4.51. The maximum atomic E-state index is 12.2. The minimum Gasteiger partial charge on any atom is -0.490 e. The largest absolute Gasteiger partial charge is 0.490 e. The Kier molecular flexibility index (Phi) is 6.97. The highest BCUT2D eigenvalue weighted by Crippen LogP contribution is 2.39. The zero-order chi connectivity index (χ0) is 23.4. The van der Waals surface area contributed by atoms with Crippen molar-refractivity contribution in [2.45, 2.75) is 46.5 Å². The second-order valence-corrected chi connectivity index (χ2v) is 8.66. The highest BCUT2D eigenvalue weighted by molar-refractivity contribution is 6.06. The maximum absolute atomic E-state index is 12.2. The minimum atomic E-state index is -0.898. The summed E-state index contributed by atoms with van der Waals surface area (Å²) >= 11 is 0. The van der Waals surface area contributed by atoms with Crippen LogP contribution in [0.15, 0.2) is 42.5 Å². The zero-order valence-electron chi connectivity index (χ0n) is 19.6. The molecule has 1 aromatic heterocycles. The molecule has 0 fully saturated rings. The Balaban J connectivity index is 1.80. The smallest absolute Gasteiger partial charge is 0.336 e. The number of benzene rings is 2. The molecule has 5 nitrogen and oxygen atoms in total. The van der Waals surface area contributed by atoms with Crippen LogP contribution in [-0.4, -0.2) is 29.3 Å². The number of pyridine rings is 1. The zero-order valence-corrected chi connectivity index (χ0v) is 19.6. The summed E-state index contributed by atoms with van der Waals surface area (Å²) in [4.78, 5) is 17.2. The molecule has 0 amide bonds. The summed E-state index contributed by atoms with van der Waals surface area (Å²) in [6.45, 7) is 7.48. The lowest BCUT2D eigenvalue weighted by Crippen LogP contribution is -2.17. The molecule has 33 heavy (non-hydrogen) atoms. The van der Waals surface area contributed by atoms with Gasteiger partial charge in [0.2, 0.25) is 0 Å². The Bertz CT molecular complexity index is 1200. The van der Waals surface area contributed by atoms with Crippen molar-refractivity contribution >= 4 is 28.5 Å². The van der Waals surface area contributed by atoms with Crippen LogP contribution in [0.5, 0.6) is 11.5 Å². The summed E-state index contributed by atoms with van der Waals surface area (Å²) in [5.74, 6) is 0.908. The van der Waals surface area contributed by atoms with Gasteiger partial charge in [-0.05, 0) is 73.1 Å². The molecule has 1 aliphatic rings. The van der Waals surface area contributed by atoms with Crippen molar-refractivity contribution in [3.63, 3.8) is 0 Å². The molecular formula is C28H31NO4. The average molecular weight is 446 g/mol. The molecule has 0 saturated heterocycles. The number of fused-ring (bicyclic) bond motifs is 2. The summed E-state index contributed by atoms with van der Waals surface area (Å²) in [6.07, 6.45) is 5.74. The SMILES string of the molecule is CCCCOc1ccc(C=C2CC(C)Cc3c2nc2ccccc2c3C(=O)O)cc1OCC. The van der Waals surface area contributed by atoms with Crippen molar-refractivity contribution < 1.29 is 19.4 Å². The lowest BCUT2D eigenvalue weighted by Gasteiger charge is -2.26. The van der Waals surface area contributed by atoms with Gasteiger partial charge in [-0.1, -0.05) is 44.5 Å². The van der Waals surface area contributed by atoms with Crippen LogP contribution >= 0.6 is 0 Å². The van der Waals surface area contributed by atoms with E-state index in [0.29, 0.717) is 42.0 Å². The Hall–Kier alpha value is -3.34. The molecular weight excluding hydrogens is 414 g/mol. The standard InChI is InChI=1S/C28H31NO4/c1-4-6-13-33-24-12-11-19(17-25(24)32-5-2)16-20-14-18(3)15-22-26(28(30)31)21-9-7-8-10-23(21)29-27(20)22/h7-12,16-18H,4-6,13-15H2,1-3H3,(H,30,31). The lowest BCUT2D eigenvalue weighted by molar-refractivity contribution is 0.0697. The minimum absolute atomic E-state index is 0.327. The van der Waals surface area contributed by atoms with Crippen molar-refractivity contribution in [3.05, 3.63) is 64.8 Å². The van der Waals surface area contributed by atoms with Crippen molar-refractivity contribution in [3.8, 4) is 11.5 Å². The molecule has 4 rings (SSSR count). The topological polar surface area (TPSA) is 68.7 Å². The highest BCUT2D eigenvalue weighted by Gasteiger charge is 2.28. The van der Waals surface area contributed by atoms with Crippen LogP contribution in [0.4, 0.5) is 0 Å². The van der Waals surface area contributed by atoms with Gasteiger partial charge < -0.3 is 14.6 Å². The molecule has 172 valence electrons. The molecule has 1 aliphatic carbocycles. The van der Waals surface area contributed by atoms with Gasteiger partial charge in [0.05, 0.1) is 30.0 Å². The predicted molar refractivity (Wildman–Crippen MR) is 132 cm³/mol. The Morgan fingerprint density at radius 1 is 1.12 bits per heavy atom. The van der Waals surface area contributed by atoms with Crippen LogP contribution in [0.3, 0.4) is 0 Å². The number of carboxylic acid groups (broad SMARTS) is 1. The van der Waals surface area contributed by atoms with E-state index in [4.69, 9.17) is 14.5 Å². The summed E-state index contributed by atoms with van der Waals surface area (Å²) in [6, 6.07) is 13.5. The van der Waals surface area contributed by atoms with Gasteiger partial charge >= 0.3 is 5.97 Å². The fraction of sp³-hybridized carbons (Fsp3) is 0.357.